The summed E-state index contributed by atoms with van der Waals surface area (Å²) in [6.07, 6.45) is 3.25. The van der Waals surface area contributed by atoms with Crippen LogP contribution in [-0.2, 0) is 9.59 Å². The quantitative estimate of drug-likeness (QED) is 0.499. The number of piperazine rings is 1. The number of nitrogens with one attached hydrogen (secondary N) is 1. The van der Waals surface area contributed by atoms with Crippen molar-refractivity contribution in [1.82, 2.24) is 10.2 Å². The summed E-state index contributed by atoms with van der Waals surface area (Å²) in [4.78, 5) is 23.8. The molecule has 2 amide bonds. The first kappa shape index (κ1) is 10.0. The topological polar surface area (TPSA) is 49.4 Å². The minimum atomic E-state index is -0.456. The van der Waals surface area contributed by atoms with Gasteiger partial charge in [-0.1, -0.05) is 19.8 Å². The zero-order valence-electron chi connectivity index (χ0n) is 8.01. The highest BCUT2D eigenvalue weighted by atomic mass is 16.2. The minimum absolute atomic E-state index is 0.373. The Bertz CT molecular complexity index is 204. The second kappa shape index (κ2) is 4.84. The summed E-state index contributed by atoms with van der Waals surface area (Å²) in [6, 6.07) is 0. The number of hydrogen-bond donors (Lipinski definition) is 1. The van der Waals surface area contributed by atoms with Gasteiger partial charge in [0.1, 0.15) is 0 Å². The molecule has 1 fully saturated rings. The maximum atomic E-state index is 11.2. The summed E-state index contributed by atoms with van der Waals surface area (Å²) in [5, 5.41) is 2.52. The van der Waals surface area contributed by atoms with Crippen LogP contribution in [0.3, 0.4) is 0 Å². The molecule has 13 heavy (non-hydrogen) atoms. The van der Waals surface area contributed by atoms with Gasteiger partial charge in [0.2, 0.25) is 0 Å². The molecule has 0 spiro atoms. The van der Waals surface area contributed by atoms with Crippen molar-refractivity contribution in [1.29, 1.82) is 0 Å². The molecule has 0 radical (unpaired) electrons. The molecule has 0 unspecified atom stereocenters. The number of rotatable bonds is 4. The summed E-state index contributed by atoms with van der Waals surface area (Å²) >= 11 is 0. The van der Waals surface area contributed by atoms with Crippen LogP contribution in [0.15, 0.2) is 0 Å². The second-order valence-corrected chi connectivity index (χ2v) is 3.26. The van der Waals surface area contributed by atoms with Crippen LogP contribution in [0.2, 0.25) is 0 Å². The molecule has 74 valence electrons. The zero-order valence-corrected chi connectivity index (χ0v) is 8.01. The van der Waals surface area contributed by atoms with Crippen molar-refractivity contribution in [2.75, 3.05) is 19.6 Å². The highest BCUT2D eigenvalue weighted by Gasteiger charge is 2.24. The Morgan fingerprint density at radius 2 is 2.15 bits per heavy atom. The van der Waals surface area contributed by atoms with Crippen molar-refractivity contribution in [3.8, 4) is 0 Å². The molecule has 1 N–H and O–H groups in total. The fourth-order valence-electron chi connectivity index (χ4n) is 1.39. The van der Waals surface area contributed by atoms with Gasteiger partial charge in [0.15, 0.2) is 0 Å². The fraction of sp³-hybridized carbons (Fsp3) is 0.778. The lowest BCUT2D eigenvalue weighted by molar-refractivity contribution is -0.148. The van der Waals surface area contributed by atoms with Gasteiger partial charge in [-0.05, 0) is 6.42 Å². The molecule has 4 heteroatoms. The standard InChI is InChI=1S/C9H16N2O2/c1-2-3-4-6-11-7-5-10-8(12)9(11)13/h2-7H2,1H3,(H,10,12). The molecular weight excluding hydrogens is 168 g/mol. The van der Waals surface area contributed by atoms with Crippen LogP contribution < -0.4 is 5.32 Å². The SMILES string of the molecule is CCCCCN1CCNC(=O)C1=O. The van der Waals surface area contributed by atoms with Gasteiger partial charge in [0.25, 0.3) is 0 Å². The van der Waals surface area contributed by atoms with E-state index < -0.39 is 5.91 Å². The van der Waals surface area contributed by atoms with E-state index in [-0.39, 0.29) is 5.91 Å². The van der Waals surface area contributed by atoms with Crippen molar-refractivity contribution >= 4 is 11.8 Å². The summed E-state index contributed by atoms with van der Waals surface area (Å²) in [5.74, 6) is -0.829. The first-order valence-electron chi connectivity index (χ1n) is 4.82. The highest BCUT2D eigenvalue weighted by molar-refractivity contribution is 6.35. The molecule has 1 saturated heterocycles. The van der Waals surface area contributed by atoms with Gasteiger partial charge in [0.05, 0.1) is 0 Å². The van der Waals surface area contributed by atoms with Crippen LogP contribution >= 0.6 is 0 Å². The molecule has 1 rings (SSSR count). The predicted octanol–water partition coefficient (Wildman–Crippen LogP) is 0.135. The molecule has 0 aromatic rings. The van der Waals surface area contributed by atoms with Crippen LogP contribution in [0.1, 0.15) is 26.2 Å². The molecule has 1 heterocycles. The molecule has 1 aliphatic rings. The minimum Gasteiger partial charge on any atom is -0.346 e. The first-order valence-corrected chi connectivity index (χ1v) is 4.82. The average Bonchev–Trinajstić information content (AvgIpc) is 2.13. The third-order valence-corrected chi connectivity index (χ3v) is 2.18. The highest BCUT2D eigenvalue weighted by Crippen LogP contribution is 2.01. The molecule has 1 aliphatic heterocycles. The Hall–Kier alpha value is -1.06. The van der Waals surface area contributed by atoms with Gasteiger partial charge < -0.3 is 10.2 Å². The molecule has 0 aromatic heterocycles. The third kappa shape index (κ3) is 2.72. The lowest BCUT2D eigenvalue weighted by Crippen LogP contribution is -2.52. The van der Waals surface area contributed by atoms with Crippen molar-refractivity contribution in [3.05, 3.63) is 0 Å². The van der Waals surface area contributed by atoms with E-state index in [0.29, 0.717) is 13.1 Å². The fourth-order valence-corrected chi connectivity index (χ4v) is 1.39. The lowest BCUT2D eigenvalue weighted by Gasteiger charge is -2.26. The molecule has 0 saturated carbocycles. The summed E-state index contributed by atoms with van der Waals surface area (Å²) in [7, 11) is 0. The molecular formula is C9H16N2O2. The van der Waals surface area contributed by atoms with Crippen LogP contribution in [-0.4, -0.2) is 36.3 Å². The number of carbonyl (C=O) groups is 2. The Morgan fingerprint density at radius 3 is 2.85 bits per heavy atom. The zero-order chi connectivity index (χ0) is 9.68. The van der Waals surface area contributed by atoms with Gasteiger partial charge in [-0.2, -0.15) is 0 Å². The van der Waals surface area contributed by atoms with Crippen molar-refractivity contribution in [2.45, 2.75) is 26.2 Å². The van der Waals surface area contributed by atoms with E-state index in [2.05, 4.69) is 12.2 Å². The van der Waals surface area contributed by atoms with Crippen molar-refractivity contribution < 1.29 is 9.59 Å². The Labute approximate surface area is 78.3 Å². The Morgan fingerprint density at radius 1 is 1.38 bits per heavy atom. The van der Waals surface area contributed by atoms with Gasteiger partial charge in [-0.25, -0.2) is 0 Å². The van der Waals surface area contributed by atoms with Gasteiger partial charge in [-0.3, -0.25) is 9.59 Å². The van der Waals surface area contributed by atoms with E-state index in [0.717, 1.165) is 25.8 Å². The van der Waals surface area contributed by atoms with Crippen LogP contribution in [0.25, 0.3) is 0 Å². The largest absolute Gasteiger partial charge is 0.346 e. The first-order chi connectivity index (χ1) is 6.25. The lowest BCUT2D eigenvalue weighted by atomic mass is 10.2. The molecule has 0 atom stereocenters. The van der Waals surface area contributed by atoms with E-state index >= 15 is 0 Å². The van der Waals surface area contributed by atoms with Gasteiger partial charge in [0, 0.05) is 19.6 Å². The third-order valence-electron chi connectivity index (χ3n) is 2.18. The van der Waals surface area contributed by atoms with Gasteiger partial charge in [-0.15, -0.1) is 0 Å². The van der Waals surface area contributed by atoms with E-state index in [4.69, 9.17) is 0 Å². The molecule has 4 nitrogen and oxygen atoms in total. The summed E-state index contributed by atoms with van der Waals surface area (Å²) in [5.41, 5.74) is 0. The number of hydrogen-bond acceptors (Lipinski definition) is 2. The smallest absolute Gasteiger partial charge is 0.311 e. The van der Waals surface area contributed by atoms with Crippen LogP contribution in [0, 0.1) is 0 Å². The maximum Gasteiger partial charge on any atom is 0.311 e. The molecule has 0 aromatic carbocycles. The van der Waals surface area contributed by atoms with E-state index in [1.54, 1.807) is 4.90 Å². The molecule has 0 bridgehead atoms. The monoisotopic (exact) mass is 184 g/mol. The summed E-state index contributed by atoms with van der Waals surface area (Å²) < 4.78 is 0. The predicted molar refractivity (Wildman–Crippen MR) is 49.1 cm³/mol. The van der Waals surface area contributed by atoms with Gasteiger partial charge >= 0.3 is 11.8 Å². The molecule has 0 aliphatic carbocycles. The number of unbranched alkanes of at least 4 members (excludes halogenated alkanes) is 2. The van der Waals surface area contributed by atoms with E-state index in [1.807, 2.05) is 0 Å². The number of carbonyl (C=O) groups excluding carboxylic acids is 2. The maximum absolute atomic E-state index is 11.2. The van der Waals surface area contributed by atoms with E-state index in [1.165, 1.54) is 0 Å². The Kier molecular flexibility index (Phi) is 3.73. The number of amides is 2. The normalized spacial score (nSPS) is 17.5. The van der Waals surface area contributed by atoms with Crippen LogP contribution in [0.5, 0.6) is 0 Å². The Balaban J connectivity index is 2.31. The van der Waals surface area contributed by atoms with Crippen molar-refractivity contribution in [2.24, 2.45) is 0 Å². The van der Waals surface area contributed by atoms with Crippen molar-refractivity contribution in [3.63, 3.8) is 0 Å². The van der Waals surface area contributed by atoms with E-state index in [9.17, 15) is 9.59 Å². The van der Waals surface area contributed by atoms with Crippen LogP contribution in [0.4, 0.5) is 0 Å². The second-order valence-electron chi connectivity index (χ2n) is 3.26. The average molecular weight is 184 g/mol. The summed E-state index contributed by atoms with van der Waals surface area (Å²) in [6.45, 7) is 4.09. The number of nitrogens with zero attached hydrogens (tertiary/aromatic N) is 1.